The van der Waals surface area contributed by atoms with E-state index in [1.165, 1.54) is 23.8 Å². The minimum absolute atomic E-state index is 0.155. The molecule has 17 heavy (non-hydrogen) atoms. The Morgan fingerprint density at radius 3 is 2.88 bits per heavy atom. The lowest BCUT2D eigenvalue weighted by atomic mass is 10.1. The summed E-state index contributed by atoms with van der Waals surface area (Å²) in [6.07, 6.45) is 2.51. The number of rotatable bonds is 4. The molecule has 1 N–H and O–H groups in total. The maximum absolute atomic E-state index is 13.3. The van der Waals surface area contributed by atoms with Gasteiger partial charge < -0.3 is 5.32 Å². The van der Waals surface area contributed by atoms with Crippen LogP contribution in [-0.4, -0.2) is 6.04 Å². The molecule has 3 heteroatoms. The molecule has 1 saturated carbocycles. The van der Waals surface area contributed by atoms with Crippen molar-refractivity contribution >= 4 is 11.3 Å². The number of halogens is 1. The van der Waals surface area contributed by atoms with E-state index in [2.05, 4.69) is 16.8 Å². The molecule has 0 spiro atoms. The summed E-state index contributed by atoms with van der Waals surface area (Å²) in [7, 11) is 0. The van der Waals surface area contributed by atoms with Crippen molar-refractivity contribution in [1.82, 2.24) is 5.32 Å². The second kappa shape index (κ2) is 4.59. The molecule has 2 aromatic rings. The molecule has 1 aromatic carbocycles. The highest BCUT2D eigenvalue weighted by molar-refractivity contribution is 7.13. The summed E-state index contributed by atoms with van der Waals surface area (Å²) in [5, 5.41) is 5.49. The van der Waals surface area contributed by atoms with Gasteiger partial charge in [0.1, 0.15) is 5.82 Å². The zero-order chi connectivity index (χ0) is 11.7. The Balaban J connectivity index is 1.89. The molecule has 1 aliphatic carbocycles. The zero-order valence-electron chi connectivity index (χ0n) is 9.45. The van der Waals surface area contributed by atoms with E-state index in [9.17, 15) is 4.39 Å². The largest absolute Gasteiger partial charge is 0.310 e. The first-order valence-corrected chi connectivity index (χ1v) is 6.76. The molecule has 3 rings (SSSR count). The van der Waals surface area contributed by atoms with Crippen molar-refractivity contribution in [3.63, 3.8) is 0 Å². The van der Waals surface area contributed by atoms with E-state index < -0.39 is 0 Å². The van der Waals surface area contributed by atoms with Gasteiger partial charge in [0.15, 0.2) is 0 Å². The lowest BCUT2D eigenvalue weighted by Crippen LogP contribution is -2.15. The zero-order valence-corrected chi connectivity index (χ0v) is 10.3. The Morgan fingerprint density at radius 1 is 1.29 bits per heavy atom. The summed E-state index contributed by atoms with van der Waals surface area (Å²) in [5.41, 5.74) is 2.20. The second-order valence-electron chi connectivity index (χ2n) is 4.43. The van der Waals surface area contributed by atoms with E-state index in [0.29, 0.717) is 6.04 Å². The molecule has 0 aliphatic heterocycles. The molecule has 88 valence electrons. The third-order valence-electron chi connectivity index (χ3n) is 3.01. The first kappa shape index (κ1) is 10.9. The average Bonchev–Trinajstić information content (AvgIpc) is 3.00. The molecule has 0 amide bonds. The van der Waals surface area contributed by atoms with Gasteiger partial charge in [-0.25, -0.2) is 4.39 Å². The van der Waals surface area contributed by atoms with E-state index >= 15 is 0 Å². The molecule has 1 nitrogen and oxygen atoms in total. The molecule has 1 aromatic heterocycles. The van der Waals surface area contributed by atoms with Crippen LogP contribution in [0, 0.1) is 5.82 Å². The molecule has 0 radical (unpaired) electrons. The van der Waals surface area contributed by atoms with Gasteiger partial charge in [-0.05, 0) is 47.5 Å². The Bertz CT molecular complexity index is 503. The number of thiophene rings is 1. The quantitative estimate of drug-likeness (QED) is 0.866. The van der Waals surface area contributed by atoms with Crippen molar-refractivity contribution in [2.24, 2.45) is 0 Å². The minimum Gasteiger partial charge on any atom is -0.310 e. The first-order valence-electron chi connectivity index (χ1n) is 5.88. The van der Waals surface area contributed by atoms with Crippen molar-refractivity contribution in [1.29, 1.82) is 0 Å². The maximum Gasteiger partial charge on any atom is 0.123 e. The normalized spacial score (nSPS) is 15.1. The summed E-state index contributed by atoms with van der Waals surface area (Å²) in [6, 6.07) is 9.82. The molecule has 0 atom stereocenters. The van der Waals surface area contributed by atoms with E-state index in [1.54, 1.807) is 17.4 Å². The predicted molar refractivity (Wildman–Crippen MR) is 69.6 cm³/mol. The molecule has 1 fully saturated rings. The standard InChI is InChI=1S/C14H14FNS/c15-11-3-6-13(14-2-1-7-17-14)10(8-11)9-16-12-4-5-12/h1-3,6-8,12,16H,4-5,9H2. The van der Waals surface area contributed by atoms with Crippen LogP contribution in [0.4, 0.5) is 4.39 Å². The van der Waals surface area contributed by atoms with Crippen LogP contribution in [0.1, 0.15) is 18.4 Å². The van der Waals surface area contributed by atoms with Crippen molar-refractivity contribution < 1.29 is 4.39 Å². The van der Waals surface area contributed by atoms with Gasteiger partial charge in [0, 0.05) is 17.5 Å². The SMILES string of the molecule is Fc1ccc(-c2cccs2)c(CNC2CC2)c1. The topological polar surface area (TPSA) is 12.0 Å². The van der Waals surface area contributed by atoms with Gasteiger partial charge in [0.05, 0.1) is 0 Å². The van der Waals surface area contributed by atoms with E-state index in [4.69, 9.17) is 0 Å². The van der Waals surface area contributed by atoms with Crippen LogP contribution in [0.3, 0.4) is 0 Å². The van der Waals surface area contributed by atoms with Gasteiger partial charge in [-0.2, -0.15) is 0 Å². The third-order valence-corrected chi connectivity index (χ3v) is 3.92. The monoisotopic (exact) mass is 247 g/mol. The van der Waals surface area contributed by atoms with E-state index in [1.807, 2.05) is 12.1 Å². The minimum atomic E-state index is -0.155. The number of hydrogen-bond acceptors (Lipinski definition) is 2. The van der Waals surface area contributed by atoms with Gasteiger partial charge in [0.2, 0.25) is 0 Å². The van der Waals surface area contributed by atoms with Gasteiger partial charge >= 0.3 is 0 Å². The van der Waals surface area contributed by atoms with Crippen LogP contribution < -0.4 is 5.32 Å². The van der Waals surface area contributed by atoms with Gasteiger partial charge in [-0.3, -0.25) is 0 Å². The highest BCUT2D eigenvalue weighted by Crippen LogP contribution is 2.29. The second-order valence-corrected chi connectivity index (χ2v) is 5.38. The molecular weight excluding hydrogens is 233 g/mol. The molecular formula is C14H14FNS. The molecule has 1 heterocycles. The highest BCUT2D eigenvalue weighted by atomic mass is 32.1. The van der Waals surface area contributed by atoms with Crippen molar-refractivity contribution in [3.05, 3.63) is 47.1 Å². The van der Waals surface area contributed by atoms with Crippen molar-refractivity contribution in [2.45, 2.75) is 25.4 Å². The van der Waals surface area contributed by atoms with E-state index in [-0.39, 0.29) is 5.82 Å². The Morgan fingerprint density at radius 2 is 2.18 bits per heavy atom. The van der Waals surface area contributed by atoms with Crippen LogP contribution >= 0.6 is 11.3 Å². The fraction of sp³-hybridized carbons (Fsp3) is 0.286. The first-order chi connectivity index (χ1) is 8.33. The fourth-order valence-corrected chi connectivity index (χ4v) is 2.71. The Labute approximate surface area is 104 Å². The van der Waals surface area contributed by atoms with Crippen molar-refractivity contribution in [3.8, 4) is 10.4 Å². The summed E-state index contributed by atoms with van der Waals surface area (Å²) in [5.74, 6) is -0.155. The van der Waals surface area contributed by atoms with Crippen LogP contribution in [-0.2, 0) is 6.54 Å². The van der Waals surface area contributed by atoms with Gasteiger partial charge in [0.25, 0.3) is 0 Å². The molecule has 1 aliphatic rings. The molecule has 0 saturated heterocycles. The molecule has 0 unspecified atom stereocenters. The van der Waals surface area contributed by atoms with E-state index in [0.717, 1.165) is 17.7 Å². The Hall–Kier alpha value is -1.19. The average molecular weight is 247 g/mol. The summed E-state index contributed by atoms with van der Waals surface area (Å²) in [6.45, 7) is 0.760. The van der Waals surface area contributed by atoms with Crippen LogP contribution in [0.15, 0.2) is 35.7 Å². The number of hydrogen-bond donors (Lipinski definition) is 1. The lowest BCUT2D eigenvalue weighted by Gasteiger charge is -2.09. The number of nitrogens with one attached hydrogen (secondary N) is 1. The third kappa shape index (κ3) is 2.56. The van der Waals surface area contributed by atoms with Gasteiger partial charge in [-0.15, -0.1) is 11.3 Å². The smallest absolute Gasteiger partial charge is 0.123 e. The van der Waals surface area contributed by atoms with Crippen LogP contribution in [0.25, 0.3) is 10.4 Å². The highest BCUT2D eigenvalue weighted by Gasteiger charge is 2.20. The lowest BCUT2D eigenvalue weighted by molar-refractivity contribution is 0.620. The molecule has 0 bridgehead atoms. The fourth-order valence-electron chi connectivity index (χ4n) is 1.92. The predicted octanol–water partition coefficient (Wildman–Crippen LogP) is 3.81. The van der Waals surface area contributed by atoms with Crippen LogP contribution in [0.5, 0.6) is 0 Å². The summed E-state index contributed by atoms with van der Waals surface area (Å²) >= 11 is 1.70. The summed E-state index contributed by atoms with van der Waals surface area (Å²) < 4.78 is 13.3. The maximum atomic E-state index is 13.3. The van der Waals surface area contributed by atoms with Crippen LogP contribution in [0.2, 0.25) is 0 Å². The Kier molecular flexibility index (Phi) is 2.95. The number of benzene rings is 1. The van der Waals surface area contributed by atoms with Crippen molar-refractivity contribution in [2.75, 3.05) is 0 Å². The van der Waals surface area contributed by atoms with Gasteiger partial charge in [-0.1, -0.05) is 12.1 Å². The summed E-state index contributed by atoms with van der Waals surface area (Å²) in [4.78, 5) is 1.21.